The molecule has 0 aliphatic carbocycles. The van der Waals surface area contributed by atoms with Gasteiger partial charge in [-0.05, 0) is 28.8 Å². The molecule has 0 spiro atoms. The highest BCUT2D eigenvalue weighted by molar-refractivity contribution is 9.09. The molecule has 164 valence electrons. The van der Waals surface area contributed by atoms with Gasteiger partial charge < -0.3 is 14.3 Å². The number of ether oxygens (including phenoxy) is 1. The fourth-order valence-electron chi connectivity index (χ4n) is 3.88. The summed E-state index contributed by atoms with van der Waals surface area (Å²) in [6.45, 7) is 8.74. The van der Waals surface area contributed by atoms with Gasteiger partial charge in [0.15, 0.2) is 0 Å². The second kappa shape index (κ2) is 11.2. The highest BCUT2D eigenvalue weighted by atomic mass is 79.9. The number of carbonyl (C=O) groups excluding carboxylic acids is 1. The summed E-state index contributed by atoms with van der Waals surface area (Å²) < 4.78 is 12.0. The maximum Gasteiger partial charge on any atom is 0.308 e. The Balaban J connectivity index is 2.43. The summed E-state index contributed by atoms with van der Waals surface area (Å²) in [6, 6.07) is 20.8. The highest BCUT2D eigenvalue weighted by Crippen LogP contribution is 2.38. The van der Waals surface area contributed by atoms with Crippen LogP contribution in [0, 0.1) is 0 Å². The molecular formula is C24H33BrO4Si. The van der Waals surface area contributed by atoms with Gasteiger partial charge in [-0.2, -0.15) is 0 Å². The zero-order chi connectivity index (χ0) is 22.2. The Morgan fingerprint density at radius 1 is 1.03 bits per heavy atom. The van der Waals surface area contributed by atoms with Gasteiger partial charge in [-0.1, -0.05) is 97.4 Å². The van der Waals surface area contributed by atoms with Crippen LogP contribution >= 0.6 is 15.9 Å². The van der Waals surface area contributed by atoms with Crippen molar-refractivity contribution in [3.63, 3.8) is 0 Å². The van der Waals surface area contributed by atoms with E-state index in [2.05, 4.69) is 61.0 Å². The van der Waals surface area contributed by atoms with Crippen LogP contribution in [0.1, 0.15) is 40.5 Å². The molecule has 30 heavy (non-hydrogen) atoms. The van der Waals surface area contributed by atoms with Crippen molar-refractivity contribution in [3.05, 3.63) is 60.7 Å². The number of halogens is 1. The number of hydrogen-bond acceptors (Lipinski definition) is 4. The smallest absolute Gasteiger partial charge is 0.308 e. The first kappa shape index (κ1) is 24.8. The quantitative estimate of drug-likeness (QED) is 0.309. The van der Waals surface area contributed by atoms with Crippen LogP contribution in [0.2, 0.25) is 5.04 Å². The Morgan fingerprint density at radius 3 is 1.93 bits per heavy atom. The molecule has 0 bridgehead atoms. The number of aliphatic hydroxyl groups is 1. The first-order chi connectivity index (χ1) is 14.2. The van der Waals surface area contributed by atoms with Crippen molar-refractivity contribution >= 4 is 40.6 Å². The van der Waals surface area contributed by atoms with Gasteiger partial charge in [-0.3, -0.25) is 4.79 Å². The Morgan fingerprint density at radius 2 is 1.53 bits per heavy atom. The summed E-state index contributed by atoms with van der Waals surface area (Å²) in [5, 5.41) is 13.3. The summed E-state index contributed by atoms with van der Waals surface area (Å²) in [7, 11) is -2.71. The van der Waals surface area contributed by atoms with Gasteiger partial charge in [-0.25, -0.2) is 0 Å². The molecule has 0 radical (unpaired) electrons. The monoisotopic (exact) mass is 492 g/mol. The van der Waals surface area contributed by atoms with Gasteiger partial charge in [0.25, 0.3) is 8.32 Å². The molecule has 1 N–H and O–H groups in total. The molecule has 2 aromatic carbocycles. The summed E-state index contributed by atoms with van der Waals surface area (Å²) in [4.78, 5) is 11.8. The summed E-state index contributed by atoms with van der Waals surface area (Å²) in [6.07, 6.45) is -0.735. The number of aliphatic hydroxyl groups excluding tert-OH is 1. The van der Waals surface area contributed by atoms with Crippen LogP contribution in [0.15, 0.2) is 60.7 Å². The Kier molecular flexibility index (Phi) is 9.28. The first-order valence-electron chi connectivity index (χ1n) is 10.4. The van der Waals surface area contributed by atoms with E-state index in [0.717, 1.165) is 0 Å². The third kappa shape index (κ3) is 6.03. The van der Waals surface area contributed by atoms with Gasteiger partial charge in [0.1, 0.15) is 0 Å². The van der Waals surface area contributed by atoms with Gasteiger partial charge in [-0.15, -0.1) is 0 Å². The molecule has 0 aliphatic heterocycles. The molecule has 0 aromatic heterocycles. The van der Waals surface area contributed by atoms with Crippen molar-refractivity contribution < 1.29 is 19.1 Å². The number of hydrogen-bond donors (Lipinski definition) is 1. The van der Waals surface area contributed by atoms with Gasteiger partial charge in [0, 0.05) is 5.33 Å². The van der Waals surface area contributed by atoms with E-state index in [9.17, 15) is 9.90 Å². The van der Waals surface area contributed by atoms with E-state index < -0.39 is 14.4 Å². The lowest BCUT2D eigenvalue weighted by atomic mass is 10.1. The fraction of sp³-hybridized carbons (Fsp3) is 0.458. The summed E-state index contributed by atoms with van der Waals surface area (Å²) >= 11 is 3.58. The second-order valence-electron chi connectivity index (χ2n) is 8.46. The van der Waals surface area contributed by atoms with Crippen molar-refractivity contribution in [2.75, 3.05) is 11.9 Å². The van der Waals surface area contributed by atoms with Crippen molar-refractivity contribution in [1.82, 2.24) is 0 Å². The van der Waals surface area contributed by atoms with Crippen LogP contribution in [0.3, 0.4) is 0 Å². The summed E-state index contributed by atoms with van der Waals surface area (Å²) in [5.41, 5.74) is 0. The SMILES string of the molecule is CCOC(=O)CC(O)CC(CBr)O[Si](c1ccccc1)(c1ccccc1)C(C)(C)C. The van der Waals surface area contributed by atoms with Crippen molar-refractivity contribution in [2.24, 2.45) is 0 Å². The molecular weight excluding hydrogens is 460 g/mol. The fourth-order valence-corrected chi connectivity index (χ4v) is 9.22. The van der Waals surface area contributed by atoms with Crippen molar-refractivity contribution in [2.45, 2.75) is 57.8 Å². The average molecular weight is 494 g/mol. The molecule has 2 atom stereocenters. The molecule has 0 saturated heterocycles. The predicted molar refractivity (Wildman–Crippen MR) is 128 cm³/mol. The lowest BCUT2D eigenvalue weighted by molar-refractivity contribution is -0.145. The predicted octanol–water partition coefficient (Wildman–Crippen LogP) is 4.03. The lowest BCUT2D eigenvalue weighted by Gasteiger charge is -2.45. The average Bonchev–Trinajstić information content (AvgIpc) is 2.71. The van der Waals surface area contributed by atoms with E-state index in [-0.39, 0.29) is 23.5 Å². The van der Waals surface area contributed by atoms with Crippen LogP contribution in [0.4, 0.5) is 0 Å². The van der Waals surface area contributed by atoms with Gasteiger partial charge in [0.2, 0.25) is 0 Å². The van der Waals surface area contributed by atoms with Crippen LogP contribution in [0.25, 0.3) is 0 Å². The topological polar surface area (TPSA) is 55.8 Å². The molecule has 4 nitrogen and oxygen atoms in total. The van der Waals surface area contributed by atoms with E-state index in [1.54, 1.807) is 6.92 Å². The van der Waals surface area contributed by atoms with E-state index in [4.69, 9.17) is 9.16 Å². The minimum Gasteiger partial charge on any atom is -0.466 e. The van der Waals surface area contributed by atoms with Crippen LogP contribution in [0.5, 0.6) is 0 Å². The molecule has 0 fully saturated rings. The number of benzene rings is 2. The van der Waals surface area contributed by atoms with Crippen LogP contribution in [-0.2, 0) is 14.0 Å². The highest BCUT2D eigenvalue weighted by Gasteiger charge is 2.51. The number of rotatable bonds is 10. The largest absolute Gasteiger partial charge is 0.466 e. The molecule has 0 saturated carbocycles. The molecule has 0 amide bonds. The minimum absolute atomic E-state index is 0.0263. The molecule has 0 aliphatic rings. The molecule has 2 unspecified atom stereocenters. The zero-order valence-corrected chi connectivity index (χ0v) is 20.9. The van der Waals surface area contributed by atoms with Crippen molar-refractivity contribution in [1.29, 1.82) is 0 Å². The van der Waals surface area contributed by atoms with E-state index >= 15 is 0 Å². The maximum atomic E-state index is 11.8. The Hall–Kier alpha value is -1.47. The maximum absolute atomic E-state index is 11.8. The number of esters is 1. The van der Waals surface area contributed by atoms with Crippen molar-refractivity contribution in [3.8, 4) is 0 Å². The first-order valence-corrected chi connectivity index (χ1v) is 13.5. The lowest BCUT2D eigenvalue weighted by Crippen LogP contribution is -2.68. The number of carbonyl (C=O) groups is 1. The van der Waals surface area contributed by atoms with Crippen LogP contribution < -0.4 is 10.4 Å². The molecule has 2 aromatic rings. The van der Waals surface area contributed by atoms with E-state index in [1.165, 1.54) is 10.4 Å². The molecule has 2 rings (SSSR count). The third-order valence-corrected chi connectivity index (χ3v) is 11.0. The zero-order valence-electron chi connectivity index (χ0n) is 18.3. The molecule has 6 heteroatoms. The third-order valence-electron chi connectivity index (χ3n) is 5.17. The Labute approximate surface area is 189 Å². The van der Waals surface area contributed by atoms with E-state index in [0.29, 0.717) is 18.4 Å². The summed E-state index contributed by atoms with van der Waals surface area (Å²) in [5.74, 6) is -0.385. The minimum atomic E-state index is -2.71. The van der Waals surface area contributed by atoms with Crippen LogP contribution in [-0.4, -0.2) is 43.5 Å². The van der Waals surface area contributed by atoms with Gasteiger partial charge >= 0.3 is 5.97 Å². The molecule has 0 heterocycles. The Bertz CT molecular complexity index is 737. The normalized spacial score (nSPS) is 14.2. The number of alkyl halides is 1. The van der Waals surface area contributed by atoms with Gasteiger partial charge in [0.05, 0.1) is 25.2 Å². The van der Waals surface area contributed by atoms with E-state index in [1.807, 2.05) is 36.4 Å². The standard InChI is InChI=1S/C24H33BrO4Si/c1-5-28-23(27)17-19(26)16-20(18-25)29-30(24(2,3)4,21-12-8-6-9-13-21)22-14-10-7-11-15-22/h6-15,19-20,26H,5,16-18H2,1-4H3. The second-order valence-corrected chi connectivity index (χ2v) is 13.4.